The fourth-order valence-electron chi connectivity index (χ4n) is 3.26. The molecule has 142 valence electrons. The highest BCUT2D eigenvalue weighted by Crippen LogP contribution is 2.25. The van der Waals surface area contributed by atoms with Crippen molar-refractivity contribution in [2.24, 2.45) is 0 Å². The topological polar surface area (TPSA) is 83.6 Å². The molecule has 0 radical (unpaired) electrons. The van der Waals surface area contributed by atoms with Gasteiger partial charge in [-0.05, 0) is 50.1 Å². The lowest BCUT2D eigenvalue weighted by atomic mass is 10.1. The Balaban J connectivity index is 1.80. The van der Waals surface area contributed by atoms with Gasteiger partial charge in [-0.25, -0.2) is 4.98 Å². The molecule has 1 amide bonds. The summed E-state index contributed by atoms with van der Waals surface area (Å²) in [5.74, 6) is 0.542. The van der Waals surface area contributed by atoms with Gasteiger partial charge in [-0.15, -0.1) is 0 Å². The lowest BCUT2D eigenvalue weighted by Gasteiger charge is -2.12. The molecule has 0 bridgehead atoms. The van der Waals surface area contributed by atoms with Crippen LogP contribution < -0.4 is 5.32 Å². The minimum absolute atomic E-state index is 0.273. The number of nitrogens with zero attached hydrogens (tertiary/aromatic N) is 4. The van der Waals surface area contributed by atoms with E-state index in [0.29, 0.717) is 17.2 Å². The summed E-state index contributed by atoms with van der Waals surface area (Å²) in [7, 11) is 0. The molecular weight excluding hydrogens is 362 g/mol. The molecule has 6 nitrogen and oxygen atoms in total. The Morgan fingerprint density at radius 3 is 2.55 bits per heavy atom. The maximum absolute atomic E-state index is 12.7. The minimum Gasteiger partial charge on any atom is -0.305 e. The number of carbonyl (C=O) groups excluding carboxylic acids is 1. The van der Waals surface area contributed by atoms with E-state index in [4.69, 9.17) is 4.98 Å². The molecule has 0 aliphatic heterocycles. The van der Waals surface area contributed by atoms with Crippen LogP contribution in [0.4, 0.5) is 5.82 Å². The highest BCUT2D eigenvalue weighted by atomic mass is 16.1. The summed E-state index contributed by atoms with van der Waals surface area (Å²) in [5, 5.41) is 17.7. The number of carbonyl (C=O) groups is 1. The normalized spacial score (nSPS) is 10.7. The van der Waals surface area contributed by atoms with Crippen molar-refractivity contribution in [3.05, 3.63) is 82.5 Å². The van der Waals surface area contributed by atoms with E-state index in [9.17, 15) is 10.1 Å². The van der Waals surface area contributed by atoms with Gasteiger partial charge in [0.1, 0.15) is 11.6 Å². The summed E-state index contributed by atoms with van der Waals surface area (Å²) >= 11 is 0. The van der Waals surface area contributed by atoms with Gasteiger partial charge in [0.2, 0.25) is 0 Å². The number of fused-ring (bicyclic) bond motifs is 1. The molecule has 0 unspecified atom stereocenters. The molecule has 0 fully saturated rings. The number of hydrogen-bond donors (Lipinski definition) is 1. The zero-order chi connectivity index (χ0) is 20.5. The second-order valence-corrected chi connectivity index (χ2v) is 7.02. The van der Waals surface area contributed by atoms with Gasteiger partial charge >= 0.3 is 0 Å². The van der Waals surface area contributed by atoms with Crippen LogP contribution in [0.25, 0.3) is 16.7 Å². The summed E-state index contributed by atoms with van der Waals surface area (Å²) in [6.07, 6.45) is 1.43. The van der Waals surface area contributed by atoms with Crippen molar-refractivity contribution in [1.29, 1.82) is 5.26 Å². The lowest BCUT2D eigenvalue weighted by molar-refractivity contribution is 0.102. The number of pyridine rings is 1. The van der Waals surface area contributed by atoms with Gasteiger partial charge in [-0.3, -0.25) is 4.79 Å². The third kappa shape index (κ3) is 3.34. The molecule has 4 rings (SSSR count). The number of nitrogens with one attached hydrogen (secondary N) is 1. The van der Waals surface area contributed by atoms with Gasteiger partial charge in [0.05, 0.1) is 11.7 Å². The van der Waals surface area contributed by atoms with Crippen molar-refractivity contribution < 1.29 is 4.79 Å². The van der Waals surface area contributed by atoms with Gasteiger partial charge in [0.15, 0.2) is 11.6 Å². The predicted molar refractivity (Wildman–Crippen MR) is 112 cm³/mol. The van der Waals surface area contributed by atoms with Crippen molar-refractivity contribution in [2.45, 2.75) is 20.8 Å². The Morgan fingerprint density at radius 1 is 1.07 bits per heavy atom. The summed E-state index contributed by atoms with van der Waals surface area (Å²) in [5.41, 5.74) is 4.80. The van der Waals surface area contributed by atoms with Crippen molar-refractivity contribution in [1.82, 2.24) is 14.8 Å². The zero-order valence-corrected chi connectivity index (χ0v) is 16.4. The average molecular weight is 381 g/mol. The van der Waals surface area contributed by atoms with Gasteiger partial charge in [-0.2, -0.15) is 15.0 Å². The first-order valence-electron chi connectivity index (χ1n) is 9.21. The molecular formula is C23H19N5O. The molecule has 2 aromatic carbocycles. The smallest absolute Gasteiger partial charge is 0.256 e. The number of benzene rings is 2. The van der Waals surface area contributed by atoms with E-state index in [1.807, 2.05) is 57.2 Å². The fraction of sp³-hybridized carbons (Fsp3) is 0.130. The van der Waals surface area contributed by atoms with Crippen LogP contribution in [0.1, 0.15) is 32.6 Å². The number of aryl methyl sites for hydroxylation is 3. The highest BCUT2D eigenvalue weighted by molar-refractivity contribution is 6.04. The Morgan fingerprint density at radius 2 is 1.83 bits per heavy atom. The number of nitriles is 1. The van der Waals surface area contributed by atoms with E-state index >= 15 is 0 Å². The molecule has 0 saturated carbocycles. The van der Waals surface area contributed by atoms with Crippen LogP contribution in [-0.2, 0) is 0 Å². The Kier molecular flexibility index (Phi) is 4.57. The van der Waals surface area contributed by atoms with Crippen molar-refractivity contribution >= 4 is 22.6 Å². The maximum Gasteiger partial charge on any atom is 0.256 e. The third-order valence-electron chi connectivity index (χ3n) is 4.89. The number of hydrogen-bond acceptors (Lipinski definition) is 4. The van der Waals surface area contributed by atoms with Crippen LogP contribution in [0.5, 0.6) is 0 Å². The summed E-state index contributed by atoms with van der Waals surface area (Å²) in [6.45, 7) is 5.97. The highest BCUT2D eigenvalue weighted by Gasteiger charge is 2.18. The van der Waals surface area contributed by atoms with Crippen LogP contribution in [0.2, 0.25) is 0 Å². The Hall–Kier alpha value is -3.98. The molecule has 0 aliphatic carbocycles. The summed E-state index contributed by atoms with van der Waals surface area (Å²) in [6, 6.07) is 17.3. The average Bonchev–Trinajstić information content (AvgIpc) is 3.11. The predicted octanol–water partition coefficient (Wildman–Crippen LogP) is 4.47. The maximum atomic E-state index is 12.7. The molecule has 0 atom stereocenters. The monoisotopic (exact) mass is 381 g/mol. The first kappa shape index (κ1) is 18.4. The van der Waals surface area contributed by atoms with Gasteiger partial charge in [0.25, 0.3) is 5.91 Å². The summed E-state index contributed by atoms with van der Waals surface area (Å²) < 4.78 is 1.50. The first-order valence-corrected chi connectivity index (χ1v) is 9.21. The van der Waals surface area contributed by atoms with E-state index in [1.54, 1.807) is 12.1 Å². The zero-order valence-electron chi connectivity index (χ0n) is 16.4. The molecule has 6 heteroatoms. The number of amides is 1. The molecule has 0 saturated heterocycles. The molecule has 0 spiro atoms. The van der Waals surface area contributed by atoms with Crippen LogP contribution in [-0.4, -0.2) is 20.7 Å². The molecule has 0 aliphatic rings. The number of aromatic nitrogens is 3. The molecule has 2 aromatic heterocycles. The van der Waals surface area contributed by atoms with E-state index in [-0.39, 0.29) is 11.5 Å². The van der Waals surface area contributed by atoms with E-state index in [2.05, 4.69) is 16.5 Å². The Bertz CT molecular complexity index is 1280. The number of anilines is 1. The van der Waals surface area contributed by atoms with E-state index in [0.717, 1.165) is 27.6 Å². The van der Waals surface area contributed by atoms with Gasteiger partial charge in [-0.1, -0.05) is 35.9 Å². The van der Waals surface area contributed by atoms with Crippen molar-refractivity contribution in [3.8, 4) is 11.9 Å². The fourth-order valence-corrected chi connectivity index (χ4v) is 3.26. The quantitative estimate of drug-likeness (QED) is 0.567. The van der Waals surface area contributed by atoms with Crippen LogP contribution >= 0.6 is 0 Å². The summed E-state index contributed by atoms with van der Waals surface area (Å²) in [4.78, 5) is 17.5. The SMILES string of the molecule is Cc1ccc(C(=O)Nc2c(C#N)cnn2-c2cc(C)c3cccc(C)c3n2)cc1. The standard InChI is InChI=1S/C23H19N5O/c1-14-7-9-17(10-8-14)23(29)27-22-18(12-24)13-25-28(22)20-11-16(3)19-6-4-5-15(2)21(19)26-20/h4-11,13H,1-3H3,(H,27,29). The molecule has 29 heavy (non-hydrogen) atoms. The Labute approximate surface area is 168 Å². The van der Waals surface area contributed by atoms with Gasteiger partial charge in [0, 0.05) is 10.9 Å². The van der Waals surface area contributed by atoms with Crippen LogP contribution in [0.15, 0.2) is 54.7 Å². The first-order chi connectivity index (χ1) is 14.0. The van der Waals surface area contributed by atoms with E-state index < -0.39 is 0 Å². The third-order valence-corrected chi connectivity index (χ3v) is 4.89. The van der Waals surface area contributed by atoms with Crippen molar-refractivity contribution in [3.63, 3.8) is 0 Å². The second-order valence-electron chi connectivity index (χ2n) is 7.02. The van der Waals surface area contributed by atoms with Crippen LogP contribution in [0, 0.1) is 32.1 Å². The van der Waals surface area contributed by atoms with E-state index in [1.165, 1.54) is 10.9 Å². The molecule has 1 N–H and O–H groups in total. The minimum atomic E-state index is -0.308. The van der Waals surface area contributed by atoms with Crippen LogP contribution in [0.3, 0.4) is 0 Å². The second kappa shape index (κ2) is 7.21. The largest absolute Gasteiger partial charge is 0.305 e. The number of rotatable bonds is 3. The van der Waals surface area contributed by atoms with Crippen molar-refractivity contribution in [2.75, 3.05) is 5.32 Å². The molecule has 2 heterocycles. The lowest BCUT2D eigenvalue weighted by Crippen LogP contribution is -2.16. The number of para-hydroxylation sites is 1. The van der Waals surface area contributed by atoms with Gasteiger partial charge < -0.3 is 5.32 Å². The molecule has 4 aromatic rings.